The SMILES string of the molecule is CC(C)Nc1cc(-c2ccc3cc(C#N)cnn23)ncc1C(=O)NC1CCC(CN(C)C2CCN(c3cccc4c3n(C)c(=O)n4C3CCC(=O)NC3=O)CC2)CC1. The predicted octanol–water partition coefficient (Wildman–Crippen LogP) is 4.61. The summed E-state index contributed by atoms with van der Waals surface area (Å²) >= 11 is 0. The molecule has 15 nitrogen and oxygen atoms in total. The second-order valence-electron chi connectivity index (χ2n) is 16.5. The lowest BCUT2D eigenvalue weighted by Crippen LogP contribution is -2.46. The number of anilines is 2. The van der Waals surface area contributed by atoms with E-state index in [9.17, 15) is 24.4 Å². The number of rotatable bonds is 10. The van der Waals surface area contributed by atoms with Crippen molar-refractivity contribution >= 4 is 45.6 Å². The number of pyridine rings is 1. The molecule has 302 valence electrons. The molecule has 2 aliphatic heterocycles. The van der Waals surface area contributed by atoms with Gasteiger partial charge in [0.2, 0.25) is 11.8 Å². The third-order valence-electron chi connectivity index (χ3n) is 12.2. The molecule has 15 heteroatoms. The smallest absolute Gasteiger partial charge is 0.329 e. The number of hydrogen-bond donors (Lipinski definition) is 3. The number of carbonyl (C=O) groups excluding carboxylic acids is 3. The van der Waals surface area contributed by atoms with Crippen molar-refractivity contribution in [1.29, 1.82) is 5.26 Å². The Morgan fingerprint density at radius 3 is 2.52 bits per heavy atom. The molecule has 0 radical (unpaired) electrons. The van der Waals surface area contributed by atoms with E-state index in [2.05, 4.69) is 55.0 Å². The zero-order valence-electron chi connectivity index (χ0n) is 33.6. The minimum atomic E-state index is -0.706. The molecular formula is C43H51N11O4. The molecule has 3 N–H and O–H groups in total. The van der Waals surface area contributed by atoms with Crippen molar-refractivity contribution < 1.29 is 14.4 Å². The Labute approximate surface area is 337 Å². The number of carbonyl (C=O) groups is 3. The van der Waals surface area contributed by atoms with Crippen molar-refractivity contribution in [3.05, 3.63) is 76.5 Å². The van der Waals surface area contributed by atoms with E-state index in [1.807, 2.05) is 44.2 Å². The molecule has 8 rings (SSSR count). The number of amides is 3. The van der Waals surface area contributed by atoms with Crippen molar-refractivity contribution in [3.63, 3.8) is 0 Å². The highest BCUT2D eigenvalue weighted by Gasteiger charge is 2.33. The van der Waals surface area contributed by atoms with Crippen LogP contribution >= 0.6 is 0 Å². The van der Waals surface area contributed by atoms with Crippen LogP contribution in [0.5, 0.6) is 0 Å². The number of benzene rings is 1. The number of piperidine rings is 2. The fraction of sp³-hybridized carbons (Fsp3) is 0.465. The molecule has 1 aliphatic carbocycles. The topological polar surface area (TPSA) is 175 Å². The maximum Gasteiger partial charge on any atom is 0.329 e. The maximum atomic E-state index is 13.7. The number of para-hydroxylation sites is 1. The third kappa shape index (κ3) is 7.56. The highest BCUT2D eigenvalue weighted by Crippen LogP contribution is 2.33. The van der Waals surface area contributed by atoms with Gasteiger partial charge in [0.25, 0.3) is 5.91 Å². The van der Waals surface area contributed by atoms with Gasteiger partial charge >= 0.3 is 5.69 Å². The van der Waals surface area contributed by atoms with Crippen LogP contribution in [0, 0.1) is 17.2 Å². The Bertz CT molecular complexity index is 2480. The number of fused-ring (bicyclic) bond motifs is 2. The van der Waals surface area contributed by atoms with Crippen molar-refractivity contribution in [2.24, 2.45) is 13.0 Å². The fourth-order valence-electron chi connectivity index (χ4n) is 9.22. The quantitative estimate of drug-likeness (QED) is 0.170. The molecular weight excluding hydrogens is 735 g/mol. The van der Waals surface area contributed by atoms with Gasteiger partial charge in [0.1, 0.15) is 12.1 Å². The van der Waals surface area contributed by atoms with Crippen LogP contribution in [0.3, 0.4) is 0 Å². The molecule has 1 unspecified atom stereocenters. The zero-order chi connectivity index (χ0) is 40.7. The van der Waals surface area contributed by atoms with Crippen molar-refractivity contribution in [2.75, 3.05) is 36.9 Å². The number of imide groups is 1. The van der Waals surface area contributed by atoms with E-state index in [1.54, 1.807) is 33.0 Å². The van der Waals surface area contributed by atoms with Gasteiger partial charge in [0, 0.05) is 57.4 Å². The molecule has 1 atom stereocenters. The average Bonchev–Trinajstić information content (AvgIpc) is 3.75. The van der Waals surface area contributed by atoms with Gasteiger partial charge in [-0.25, -0.2) is 9.31 Å². The van der Waals surface area contributed by atoms with Crippen LogP contribution in [0.25, 0.3) is 27.9 Å². The second kappa shape index (κ2) is 16.1. The van der Waals surface area contributed by atoms with E-state index in [4.69, 9.17) is 0 Å². The van der Waals surface area contributed by atoms with Gasteiger partial charge < -0.3 is 20.4 Å². The summed E-state index contributed by atoms with van der Waals surface area (Å²) in [5, 5.41) is 22.8. The summed E-state index contributed by atoms with van der Waals surface area (Å²) in [5.41, 5.74) is 6.23. The van der Waals surface area contributed by atoms with Gasteiger partial charge in [-0.2, -0.15) is 10.4 Å². The molecule has 58 heavy (non-hydrogen) atoms. The molecule has 2 saturated heterocycles. The summed E-state index contributed by atoms with van der Waals surface area (Å²) in [6.45, 7) is 6.81. The van der Waals surface area contributed by atoms with E-state index in [1.165, 1.54) is 6.20 Å². The van der Waals surface area contributed by atoms with Crippen LogP contribution in [0.15, 0.2) is 59.7 Å². The van der Waals surface area contributed by atoms with E-state index in [0.717, 1.165) is 80.6 Å². The summed E-state index contributed by atoms with van der Waals surface area (Å²) in [7, 11) is 3.99. The van der Waals surface area contributed by atoms with Gasteiger partial charge in [0.15, 0.2) is 0 Å². The molecule has 6 heterocycles. The van der Waals surface area contributed by atoms with Gasteiger partial charge in [-0.1, -0.05) is 6.07 Å². The summed E-state index contributed by atoms with van der Waals surface area (Å²) in [6.07, 6.45) is 9.64. The van der Waals surface area contributed by atoms with Gasteiger partial charge in [0.05, 0.1) is 56.6 Å². The van der Waals surface area contributed by atoms with E-state index < -0.39 is 11.9 Å². The zero-order valence-corrected chi connectivity index (χ0v) is 33.6. The average molecular weight is 786 g/mol. The van der Waals surface area contributed by atoms with Crippen LogP contribution in [0.4, 0.5) is 11.4 Å². The summed E-state index contributed by atoms with van der Waals surface area (Å²) in [5.74, 6) is -0.301. The Morgan fingerprint density at radius 2 is 1.79 bits per heavy atom. The molecule has 1 aromatic carbocycles. The molecule has 0 spiro atoms. The van der Waals surface area contributed by atoms with Crippen molar-refractivity contribution in [1.82, 2.24) is 39.3 Å². The first-order valence-electron chi connectivity index (χ1n) is 20.4. The van der Waals surface area contributed by atoms with E-state index in [-0.39, 0.29) is 36.0 Å². The van der Waals surface area contributed by atoms with Crippen LogP contribution in [-0.2, 0) is 16.6 Å². The molecule has 0 bridgehead atoms. The molecule has 3 aliphatic rings. The Kier molecular flexibility index (Phi) is 10.8. The first-order chi connectivity index (χ1) is 28.0. The van der Waals surface area contributed by atoms with Gasteiger partial charge in [-0.3, -0.25) is 33.8 Å². The number of aromatic nitrogens is 5. The standard InChI is InChI=1S/C43H51N11O4/c1-26(2)47-33-21-34(35-13-12-31-20-28(22-44)23-46-54(31)35)45-24-32(33)41(56)48-29-10-8-27(9-11-29)25-50(3)30-16-18-52(19-17-30)36-6-5-7-37-40(36)51(4)43(58)53(37)38-14-15-39(55)49-42(38)57/h5-7,12-13,20-21,23-24,26-27,29-30,38H,8-11,14-19,25H2,1-4H3,(H,45,47)(H,48,56)(H,49,55,57). The highest BCUT2D eigenvalue weighted by molar-refractivity contribution is 6.01. The number of hydrogen-bond acceptors (Lipinski definition) is 10. The van der Waals surface area contributed by atoms with Crippen molar-refractivity contribution in [3.8, 4) is 17.5 Å². The first-order valence-corrected chi connectivity index (χ1v) is 20.4. The van der Waals surface area contributed by atoms with Crippen LogP contribution in [-0.4, -0.2) is 91.2 Å². The first kappa shape index (κ1) is 38.8. The van der Waals surface area contributed by atoms with Crippen LogP contribution in [0.1, 0.15) is 87.2 Å². The van der Waals surface area contributed by atoms with Crippen molar-refractivity contribution in [2.45, 2.75) is 89.4 Å². The summed E-state index contributed by atoms with van der Waals surface area (Å²) < 4.78 is 4.94. The van der Waals surface area contributed by atoms with E-state index >= 15 is 0 Å². The number of imidazole rings is 1. The summed E-state index contributed by atoms with van der Waals surface area (Å²) in [4.78, 5) is 61.2. The van der Waals surface area contributed by atoms with Crippen LogP contribution in [0.2, 0.25) is 0 Å². The summed E-state index contributed by atoms with van der Waals surface area (Å²) in [6, 6.07) is 15.5. The number of aryl methyl sites for hydroxylation is 1. The van der Waals surface area contributed by atoms with Crippen LogP contribution < -0.4 is 26.5 Å². The normalized spacial score (nSPS) is 20.5. The Morgan fingerprint density at radius 1 is 1.02 bits per heavy atom. The molecule has 1 saturated carbocycles. The minimum absolute atomic E-state index is 0.0977. The number of nitriles is 1. The molecule has 4 aromatic heterocycles. The number of nitrogens with one attached hydrogen (secondary N) is 3. The third-order valence-corrected chi connectivity index (χ3v) is 12.2. The largest absolute Gasteiger partial charge is 0.382 e. The van der Waals surface area contributed by atoms with Gasteiger partial charge in [-0.15, -0.1) is 0 Å². The lowest BCUT2D eigenvalue weighted by Gasteiger charge is -2.40. The number of nitrogens with zero attached hydrogens (tertiary/aromatic N) is 8. The monoisotopic (exact) mass is 785 g/mol. The molecule has 3 amide bonds. The minimum Gasteiger partial charge on any atom is -0.382 e. The molecule has 3 fully saturated rings. The highest BCUT2D eigenvalue weighted by atomic mass is 16.2. The lowest BCUT2D eigenvalue weighted by atomic mass is 9.85. The van der Waals surface area contributed by atoms with Gasteiger partial charge in [-0.05, 0) is 108 Å². The molecule has 5 aromatic rings. The Hall–Kier alpha value is -6.01. The maximum absolute atomic E-state index is 13.7. The van der Waals surface area contributed by atoms with E-state index in [0.29, 0.717) is 46.4 Å². The Balaban J connectivity index is 0.855. The fourth-order valence-corrected chi connectivity index (χ4v) is 9.22. The lowest BCUT2D eigenvalue weighted by molar-refractivity contribution is -0.135. The predicted molar refractivity (Wildman–Crippen MR) is 222 cm³/mol. The second-order valence-corrected chi connectivity index (χ2v) is 16.5.